The summed E-state index contributed by atoms with van der Waals surface area (Å²) in [6.07, 6.45) is 0. The van der Waals surface area contributed by atoms with Crippen LogP contribution in [0.1, 0.15) is 27.2 Å². The fourth-order valence-corrected chi connectivity index (χ4v) is 3.13. The van der Waals surface area contributed by atoms with Crippen LogP contribution in [0.5, 0.6) is 5.75 Å². The van der Waals surface area contributed by atoms with Gasteiger partial charge in [-0.15, -0.1) is 0 Å². The first kappa shape index (κ1) is 18.1. The Morgan fingerprint density at radius 1 is 1.18 bits per heavy atom. The van der Waals surface area contributed by atoms with Crippen molar-refractivity contribution in [2.24, 2.45) is 0 Å². The number of carbonyl (C=O) groups is 1. The van der Waals surface area contributed by atoms with Crippen LogP contribution < -0.4 is 4.74 Å². The van der Waals surface area contributed by atoms with Gasteiger partial charge in [0.25, 0.3) is 0 Å². The van der Waals surface area contributed by atoms with Crippen LogP contribution in [0.25, 0.3) is 11.3 Å². The normalized spacial score (nSPS) is 12.8. The molecule has 0 saturated carbocycles. The number of rotatable bonds is 4. The zero-order valence-corrected chi connectivity index (χ0v) is 15.3. The average Bonchev–Trinajstić information content (AvgIpc) is 2.72. The second-order valence-corrected chi connectivity index (χ2v) is 6.44. The van der Waals surface area contributed by atoms with Crippen LogP contribution in [0.15, 0.2) is 54.6 Å². The molecule has 0 fully saturated rings. The van der Waals surface area contributed by atoms with Crippen LogP contribution in [0.4, 0.5) is 4.39 Å². The van der Waals surface area contributed by atoms with E-state index in [9.17, 15) is 9.18 Å². The maximum absolute atomic E-state index is 13.8. The quantitative estimate of drug-likeness (QED) is 0.628. The van der Waals surface area contributed by atoms with Gasteiger partial charge in [0.1, 0.15) is 18.2 Å². The van der Waals surface area contributed by atoms with Crippen LogP contribution in [0.2, 0.25) is 0 Å². The highest BCUT2D eigenvalue weighted by Gasteiger charge is 2.19. The summed E-state index contributed by atoms with van der Waals surface area (Å²) in [6.45, 7) is 2.01. The fourth-order valence-electron chi connectivity index (χ4n) is 3.13. The van der Waals surface area contributed by atoms with E-state index in [1.165, 1.54) is 12.1 Å². The zero-order valence-electron chi connectivity index (χ0n) is 15.3. The molecule has 6 heteroatoms. The molecule has 0 saturated heterocycles. The van der Waals surface area contributed by atoms with Crippen LogP contribution in [-0.4, -0.2) is 17.7 Å². The minimum absolute atomic E-state index is 0.0869. The first-order valence-corrected chi connectivity index (χ1v) is 8.84. The van der Waals surface area contributed by atoms with Gasteiger partial charge in [0.05, 0.1) is 23.6 Å². The topological polar surface area (TPSA) is 57.7 Å². The monoisotopic (exact) mass is 379 g/mol. The second-order valence-electron chi connectivity index (χ2n) is 6.44. The van der Waals surface area contributed by atoms with Gasteiger partial charge in [-0.3, -0.25) is 4.98 Å². The molecule has 1 aliphatic rings. The predicted molar refractivity (Wildman–Crippen MR) is 100 cm³/mol. The molecule has 2 aromatic carbocycles. The lowest BCUT2D eigenvalue weighted by Crippen LogP contribution is -2.15. The number of hydrogen-bond donors (Lipinski definition) is 0. The molecule has 0 N–H and O–H groups in total. The van der Waals surface area contributed by atoms with E-state index >= 15 is 0 Å². The van der Waals surface area contributed by atoms with Crippen molar-refractivity contribution in [1.29, 1.82) is 0 Å². The molecular weight excluding hydrogens is 361 g/mol. The number of pyridine rings is 1. The number of carbonyl (C=O) groups excluding carboxylic acids is 1. The third-order valence-electron chi connectivity index (χ3n) is 4.49. The first-order chi connectivity index (χ1) is 13.6. The lowest BCUT2D eigenvalue weighted by molar-refractivity contribution is -0.0183. The standard InChI is InChI=1S/C22H18FNO4/c1-14-19(7-8-20(24-14)15-5-3-2-4-6-15)22(25)27-12-17-10-18(23)9-16-11-26-13-28-21(16)17/h2-10H,11-13H2,1H3. The minimum Gasteiger partial charge on any atom is -0.467 e. The molecule has 0 spiro atoms. The summed E-state index contributed by atoms with van der Waals surface area (Å²) in [7, 11) is 0. The largest absolute Gasteiger partial charge is 0.467 e. The summed E-state index contributed by atoms with van der Waals surface area (Å²) >= 11 is 0. The lowest BCUT2D eigenvalue weighted by Gasteiger charge is -2.20. The van der Waals surface area contributed by atoms with Crippen molar-refractivity contribution in [1.82, 2.24) is 4.98 Å². The van der Waals surface area contributed by atoms with Crippen molar-refractivity contribution in [3.63, 3.8) is 0 Å². The van der Waals surface area contributed by atoms with Gasteiger partial charge in [-0.1, -0.05) is 30.3 Å². The first-order valence-electron chi connectivity index (χ1n) is 8.84. The molecule has 142 valence electrons. The Balaban J connectivity index is 1.51. The second kappa shape index (κ2) is 7.78. The van der Waals surface area contributed by atoms with E-state index in [2.05, 4.69) is 4.98 Å². The van der Waals surface area contributed by atoms with E-state index < -0.39 is 11.8 Å². The Bertz CT molecular complexity index is 1020. The molecule has 0 aliphatic carbocycles. The van der Waals surface area contributed by atoms with Crippen molar-refractivity contribution in [3.05, 3.63) is 82.8 Å². The van der Waals surface area contributed by atoms with Gasteiger partial charge in [-0.2, -0.15) is 0 Å². The van der Waals surface area contributed by atoms with Crippen LogP contribution in [-0.2, 0) is 22.7 Å². The minimum atomic E-state index is -0.519. The smallest absolute Gasteiger partial charge is 0.340 e. The number of aromatic nitrogens is 1. The number of esters is 1. The summed E-state index contributed by atoms with van der Waals surface area (Å²) in [6, 6.07) is 15.8. The average molecular weight is 379 g/mol. The van der Waals surface area contributed by atoms with Crippen LogP contribution in [0.3, 0.4) is 0 Å². The molecule has 0 unspecified atom stereocenters. The number of ether oxygens (including phenoxy) is 3. The van der Waals surface area contributed by atoms with E-state index in [-0.39, 0.29) is 20.0 Å². The Morgan fingerprint density at radius 3 is 2.79 bits per heavy atom. The molecule has 4 rings (SSSR count). The maximum Gasteiger partial charge on any atom is 0.340 e. The Morgan fingerprint density at radius 2 is 2.00 bits per heavy atom. The van der Waals surface area contributed by atoms with Gasteiger partial charge in [0, 0.05) is 16.7 Å². The number of fused-ring (bicyclic) bond motifs is 1. The highest BCUT2D eigenvalue weighted by molar-refractivity contribution is 5.91. The van der Waals surface area contributed by atoms with E-state index in [1.807, 2.05) is 30.3 Å². The summed E-state index contributed by atoms with van der Waals surface area (Å²) in [5.41, 5.74) is 3.76. The molecule has 0 amide bonds. The lowest BCUT2D eigenvalue weighted by atomic mass is 10.1. The van der Waals surface area contributed by atoms with E-state index in [4.69, 9.17) is 14.2 Å². The predicted octanol–water partition coefficient (Wildman–Crippen LogP) is 4.42. The van der Waals surface area contributed by atoms with Crippen molar-refractivity contribution >= 4 is 5.97 Å². The number of halogens is 1. The summed E-state index contributed by atoms with van der Waals surface area (Å²) < 4.78 is 29.8. The molecule has 3 aromatic rings. The Hall–Kier alpha value is -3.25. The fraction of sp³-hybridized carbons (Fsp3) is 0.182. The van der Waals surface area contributed by atoms with Gasteiger partial charge in [0.2, 0.25) is 0 Å². The molecule has 0 bridgehead atoms. The molecule has 0 radical (unpaired) electrons. The van der Waals surface area contributed by atoms with Gasteiger partial charge >= 0.3 is 5.97 Å². The van der Waals surface area contributed by atoms with Gasteiger partial charge in [0.15, 0.2) is 6.79 Å². The Kier molecular flexibility index (Phi) is 5.04. The van der Waals surface area contributed by atoms with E-state index in [0.717, 1.165) is 11.3 Å². The van der Waals surface area contributed by atoms with Crippen molar-refractivity contribution < 1.29 is 23.4 Å². The summed E-state index contributed by atoms with van der Waals surface area (Å²) in [5, 5.41) is 0. The van der Waals surface area contributed by atoms with Gasteiger partial charge in [-0.25, -0.2) is 9.18 Å². The maximum atomic E-state index is 13.8. The molecule has 0 atom stereocenters. The van der Waals surface area contributed by atoms with E-state index in [1.54, 1.807) is 19.1 Å². The number of hydrogen-bond acceptors (Lipinski definition) is 5. The molecular formula is C22H18FNO4. The van der Waals surface area contributed by atoms with Gasteiger partial charge in [-0.05, 0) is 31.2 Å². The van der Waals surface area contributed by atoms with Crippen LogP contribution in [0, 0.1) is 12.7 Å². The SMILES string of the molecule is Cc1nc(-c2ccccc2)ccc1C(=O)OCc1cc(F)cc2c1OCOC2. The van der Waals surface area contributed by atoms with Crippen molar-refractivity contribution in [3.8, 4) is 17.0 Å². The molecule has 1 aliphatic heterocycles. The summed E-state index contributed by atoms with van der Waals surface area (Å²) in [4.78, 5) is 17.0. The van der Waals surface area contributed by atoms with Crippen molar-refractivity contribution in [2.75, 3.05) is 6.79 Å². The van der Waals surface area contributed by atoms with Crippen molar-refractivity contribution in [2.45, 2.75) is 20.1 Å². The zero-order chi connectivity index (χ0) is 19.5. The Labute approximate surface area is 161 Å². The van der Waals surface area contributed by atoms with Crippen LogP contribution >= 0.6 is 0 Å². The third-order valence-corrected chi connectivity index (χ3v) is 4.49. The summed E-state index contributed by atoms with van der Waals surface area (Å²) in [5.74, 6) is -0.437. The molecule has 2 heterocycles. The molecule has 28 heavy (non-hydrogen) atoms. The molecule has 1 aromatic heterocycles. The highest BCUT2D eigenvalue weighted by Crippen LogP contribution is 2.30. The number of benzene rings is 2. The number of aryl methyl sites for hydroxylation is 1. The molecule has 5 nitrogen and oxygen atoms in total. The third kappa shape index (κ3) is 3.73. The number of nitrogens with zero attached hydrogens (tertiary/aromatic N) is 1. The van der Waals surface area contributed by atoms with Gasteiger partial charge < -0.3 is 14.2 Å². The highest BCUT2D eigenvalue weighted by atomic mass is 19.1. The van der Waals surface area contributed by atoms with E-state index in [0.29, 0.717) is 28.1 Å².